The quantitative estimate of drug-likeness (QED) is 0.710. The maximum Gasteiger partial charge on any atom is 0.225 e. The predicted molar refractivity (Wildman–Crippen MR) is 122 cm³/mol. The Labute approximate surface area is 179 Å². The molecule has 2 aliphatic rings. The highest BCUT2D eigenvalue weighted by atomic mass is 15.8. The summed E-state index contributed by atoms with van der Waals surface area (Å²) in [7, 11) is 3.99. The second-order valence-electron chi connectivity index (χ2n) is 8.18. The third-order valence-corrected chi connectivity index (χ3v) is 6.10. The summed E-state index contributed by atoms with van der Waals surface area (Å²) >= 11 is 0. The minimum Gasteiger partial charge on any atom is -0.475 e. The van der Waals surface area contributed by atoms with Crippen LogP contribution in [0.2, 0.25) is 0 Å². The third-order valence-electron chi connectivity index (χ3n) is 6.10. The number of piperidine rings is 1. The van der Waals surface area contributed by atoms with E-state index in [0.717, 1.165) is 62.8 Å². The summed E-state index contributed by atoms with van der Waals surface area (Å²) in [5.41, 5.74) is 8.87. The van der Waals surface area contributed by atoms with Gasteiger partial charge in [-0.1, -0.05) is 13.0 Å². The lowest BCUT2D eigenvalue weighted by molar-refractivity contribution is 0.212. The smallest absolute Gasteiger partial charge is 0.225 e. The summed E-state index contributed by atoms with van der Waals surface area (Å²) in [5.74, 6) is 1.48. The first kappa shape index (κ1) is 20.6. The molecule has 0 bridgehead atoms. The standard InChI is InChI=1S/C22H31N8/c1-4-29(16-18-5-6-20-21(11-18)28(3)26-27(20)2)15-17-7-9-30(10-8-17)22-24-13-19(12-23)14-25-22/h5-6,11-14,17,23H,4,7-10,15-16H2,1-3H3/q-1. The molecule has 1 aromatic heterocycles. The zero-order valence-electron chi connectivity index (χ0n) is 18.1. The first-order valence-electron chi connectivity index (χ1n) is 10.7. The number of nitrogens with zero attached hydrogens (tertiary/aromatic N) is 7. The summed E-state index contributed by atoms with van der Waals surface area (Å²) in [6.45, 7) is 7.36. The first-order valence-corrected chi connectivity index (χ1v) is 10.7. The average Bonchev–Trinajstić information content (AvgIpc) is 3.07. The van der Waals surface area contributed by atoms with Gasteiger partial charge in [-0.15, -0.1) is 0 Å². The Balaban J connectivity index is 1.31. The molecule has 2 aliphatic heterocycles. The normalized spacial score (nSPS) is 17.0. The van der Waals surface area contributed by atoms with Crippen molar-refractivity contribution in [3.63, 3.8) is 0 Å². The highest BCUT2D eigenvalue weighted by Crippen LogP contribution is 2.38. The predicted octanol–water partition coefficient (Wildman–Crippen LogP) is 3.30. The lowest BCUT2D eigenvalue weighted by Crippen LogP contribution is -2.39. The maximum absolute atomic E-state index is 7.27. The van der Waals surface area contributed by atoms with Crippen LogP contribution in [0.15, 0.2) is 30.6 Å². The maximum atomic E-state index is 7.27. The molecule has 1 aromatic carbocycles. The van der Waals surface area contributed by atoms with Gasteiger partial charge in [0.15, 0.2) is 0 Å². The number of benzene rings is 1. The molecule has 160 valence electrons. The van der Waals surface area contributed by atoms with Crippen molar-refractivity contribution in [2.75, 3.05) is 55.2 Å². The topological polar surface area (TPSA) is 76.7 Å². The number of hydrogen-bond donors (Lipinski definition) is 1. The van der Waals surface area contributed by atoms with Gasteiger partial charge in [0.2, 0.25) is 5.95 Å². The lowest BCUT2D eigenvalue weighted by atomic mass is 9.96. The molecule has 8 nitrogen and oxygen atoms in total. The van der Waals surface area contributed by atoms with Crippen LogP contribution in [0.3, 0.4) is 0 Å². The molecule has 0 amide bonds. The van der Waals surface area contributed by atoms with E-state index < -0.39 is 0 Å². The van der Waals surface area contributed by atoms with Gasteiger partial charge >= 0.3 is 0 Å². The number of aromatic nitrogens is 2. The molecule has 0 spiro atoms. The second-order valence-corrected chi connectivity index (χ2v) is 8.18. The van der Waals surface area contributed by atoms with Gasteiger partial charge in [0.25, 0.3) is 0 Å². The van der Waals surface area contributed by atoms with E-state index in [1.807, 2.05) is 24.1 Å². The van der Waals surface area contributed by atoms with Crippen molar-refractivity contribution >= 4 is 23.5 Å². The van der Waals surface area contributed by atoms with Crippen molar-refractivity contribution < 1.29 is 0 Å². The van der Waals surface area contributed by atoms with Gasteiger partial charge in [0, 0.05) is 61.7 Å². The summed E-state index contributed by atoms with van der Waals surface area (Å²) in [4.78, 5) is 13.6. The van der Waals surface area contributed by atoms with Crippen LogP contribution in [0.25, 0.3) is 5.53 Å². The second kappa shape index (κ2) is 8.97. The highest BCUT2D eigenvalue weighted by Gasteiger charge is 2.23. The van der Waals surface area contributed by atoms with Crippen LogP contribution in [0.4, 0.5) is 17.3 Å². The Bertz CT molecular complexity index is 860. The minimum atomic E-state index is 0.695. The van der Waals surface area contributed by atoms with Crippen LogP contribution in [-0.4, -0.2) is 61.4 Å². The van der Waals surface area contributed by atoms with Gasteiger partial charge < -0.3 is 25.9 Å². The zero-order chi connectivity index (χ0) is 21.1. The van der Waals surface area contributed by atoms with E-state index in [9.17, 15) is 0 Å². The molecule has 1 N–H and O–H groups in total. The molecular formula is C22H31N8-. The van der Waals surface area contributed by atoms with Gasteiger partial charge in [-0.05, 0) is 57.1 Å². The van der Waals surface area contributed by atoms with E-state index >= 15 is 0 Å². The first-order chi connectivity index (χ1) is 14.6. The van der Waals surface area contributed by atoms with Gasteiger partial charge in [-0.3, -0.25) is 4.90 Å². The van der Waals surface area contributed by atoms with E-state index in [-0.39, 0.29) is 0 Å². The number of anilines is 3. The van der Waals surface area contributed by atoms with Gasteiger partial charge in [0.1, 0.15) is 0 Å². The van der Waals surface area contributed by atoms with Gasteiger partial charge in [-0.25, -0.2) is 9.97 Å². The molecule has 0 atom stereocenters. The highest BCUT2D eigenvalue weighted by molar-refractivity contribution is 5.79. The number of fused-ring (bicyclic) bond motifs is 1. The molecule has 30 heavy (non-hydrogen) atoms. The Kier molecular flexibility index (Phi) is 6.15. The fourth-order valence-electron chi connectivity index (χ4n) is 4.31. The number of nitrogens with one attached hydrogen (secondary N) is 1. The zero-order valence-corrected chi connectivity index (χ0v) is 18.1. The molecule has 0 radical (unpaired) electrons. The Morgan fingerprint density at radius 2 is 1.83 bits per heavy atom. The molecule has 0 saturated carbocycles. The van der Waals surface area contributed by atoms with Crippen LogP contribution in [-0.2, 0) is 6.54 Å². The summed E-state index contributed by atoms with van der Waals surface area (Å²) < 4.78 is 0. The van der Waals surface area contributed by atoms with Crippen LogP contribution in [0, 0.1) is 11.3 Å². The van der Waals surface area contributed by atoms with Crippen molar-refractivity contribution in [1.29, 1.82) is 5.41 Å². The third kappa shape index (κ3) is 4.39. The van der Waals surface area contributed by atoms with Gasteiger partial charge in [0.05, 0.1) is 0 Å². The largest absolute Gasteiger partial charge is 0.475 e. The van der Waals surface area contributed by atoms with Crippen LogP contribution < -0.4 is 14.9 Å². The molecule has 8 heteroatoms. The summed E-state index contributed by atoms with van der Waals surface area (Å²) in [6.07, 6.45) is 7.03. The lowest BCUT2D eigenvalue weighted by Gasteiger charge is -2.34. The monoisotopic (exact) mass is 407 g/mol. The van der Waals surface area contributed by atoms with Crippen LogP contribution >= 0.6 is 0 Å². The van der Waals surface area contributed by atoms with Crippen molar-refractivity contribution in [2.45, 2.75) is 26.3 Å². The van der Waals surface area contributed by atoms with E-state index in [2.05, 4.69) is 50.4 Å². The van der Waals surface area contributed by atoms with Crippen molar-refractivity contribution in [1.82, 2.24) is 14.9 Å². The fraction of sp³-hybridized carbons (Fsp3) is 0.500. The summed E-state index contributed by atoms with van der Waals surface area (Å²) in [6, 6.07) is 6.67. The molecule has 1 saturated heterocycles. The number of rotatable bonds is 7. The Morgan fingerprint density at radius 1 is 1.13 bits per heavy atom. The number of hydrogen-bond acceptors (Lipinski definition) is 7. The Hall–Kier alpha value is -2.71. The van der Waals surface area contributed by atoms with Crippen LogP contribution in [0.5, 0.6) is 0 Å². The summed E-state index contributed by atoms with van der Waals surface area (Å²) in [5, 5.41) is 11.1. The molecule has 2 aromatic rings. The van der Waals surface area contributed by atoms with Crippen LogP contribution in [0.1, 0.15) is 30.9 Å². The van der Waals surface area contributed by atoms with E-state index in [1.165, 1.54) is 17.5 Å². The molecule has 0 unspecified atom stereocenters. The van der Waals surface area contributed by atoms with Crippen molar-refractivity contribution in [2.24, 2.45) is 5.92 Å². The molecule has 4 rings (SSSR count). The van der Waals surface area contributed by atoms with Crippen molar-refractivity contribution in [3.05, 3.63) is 47.3 Å². The van der Waals surface area contributed by atoms with Gasteiger partial charge in [-0.2, -0.15) is 0 Å². The molecule has 1 fully saturated rings. The molecule has 3 heterocycles. The van der Waals surface area contributed by atoms with Crippen molar-refractivity contribution in [3.8, 4) is 0 Å². The Morgan fingerprint density at radius 3 is 2.50 bits per heavy atom. The van der Waals surface area contributed by atoms with E-state index in [4.69, 9.17) is 5.41 Å². The SMILES string of the molecule is CCN(Cc1ccc2c(c1)N(C)[N-]N2C)CC1CCN(c2ncc(C=N)cn2)CC1. The molecule has 0 aliphatic carbocycles. The fourth-order valence-corrected chi connectivity index (χ4v) is 4.31. The molecular weight excluding hydrogens is 376 g/mol. The minimum absolute atomic E-state index is 0.695. The van der Waals surface area contributed by atoms with E-state index in [0.29, 0.717) is 5.92 Å². The van der Waals surface area contributed by atoms with E-state index in [1.54, 1.807) is 12.4 Å². The average molecular weight is 408 g/mol.